The van der Waals surface area contributed by atoms with Gasteiger partial charge >= 0.3 is 11.8 Å². The Morgan fingerprint density at radius 1 is 1.03 bits per heavy atom. The van der Waals surface area contributed by atoms with E-state index >= 15 is 0 Å². The highest BCUT2D eigenvalue weighted by atomic mass is 35.5. The van der Waals surface area contributed by atoms with E-state index in [2.05, 4.69) is 10.6 Å². The zero-order valence-corrected chi connectivity index (χ0v) is 19.1. The van der Waals surface area contributed by atoms with Gasteiger partial charge in [0.15, 0.2) is 0 Å². The van der Waals surface area contributed by atoms with E-state index in [9.17, 15) is 18.0 Å². The van der Waals surface area contributed by atoms with Crippen LogP contribution in [0.1, 0.15) is 18.4 Å². The summed E-state index contributed by atoms with van der Waals surface area (Å²) in [5.74, 6) is -1.59. The molecule has 1 atom stereocenters. The molecule has 2 aromatic rings. The Hall–Kier alpha value is -2.46. The van der Waals surface area contributed by atoms with Crippen molar-refractivity contribution in [2.75, 3.05) is 26.2 Å². The fourth-order valence-electron chi connectivity index (χ4n) is 3.32. The van der Waals surface area contributed by atoms with E-state index in [-0.39, 0.29) is 18.0 Å². The van der Waals surface area contributed by atoms with Gasteiger partial charge in [0.2, 0.25) is 10.0 Å². The minimum absolute atomic E-state index is 0.0832. The van der Waals surface area contributed by atoms with Crippen LogP contribution in [0.5, 0.6) is 0 Å². The number of ether oxygens (including phenoxy) is 1. The summed E-state index contributed by atoms with van der Waals surface area (Å²) in [7, 11) is -3.84. The molecule has 0 bridgehead atoms. The van der Waals surface area contributed by atoms with Crippen LogP contribution in [0, 0.1) is 0 Å². The van der Waals surface area contributed by atoms with Crippen LogP contribution in [-0.4, -0.2) is 57.0 Å². The molecule has 10 heteroatoms. The minimum Gasteiger partial charge on any atom is -0.360 e. The molecule has 3 rings (SSSR count). The van der Waals surface area contributed by atoms with Crippen LogP contribution >= 0.6 is 11.6 Å². The molecule has 1 aliphatic heterocycles. The van der Waals surface area contributed by atoms with E-state index in [4.69, 9.17) is 16.3 Å². The van der Waals surface area contributed by atoms with Crippen LogP contribution in [0.25, 0.3) is 0 Å². The molecule has 0 unspecified atom stereocenters. The molecule has 1 aliphatic rings. The van der Waals surface area contributed by atoms with Crippen LogP contribution in [0.3, 0.4) is 0 Å². The molecule has 1 saturated heterocycles. The van der Waals surface area contributed by atoms with Gasteiger partial charge in [0, 0.05) is 18.1 Å². The maximum Gasteiger partial charge on any atom is 0.309 e. The Morgan fingerprint density at radius 3 is 2.44 bits per heavy atom. The molecule has 172 valence electrons. The van der Waals surface area contributed by atoms with Crippen molar-refractivity contribution in [3.63, 3.8) is 0 Å². The van der Waals surface area contributed by atoms with Gasteiger partial charge < -0.3 is 15.4 Å². The van der Waals surface area contributed by atoms with E-state index in [0.29, 0.717) is 31.0 Å². The zero-order valence-electron chi connectivity index (χ0n) is 17.5. The molecule has 2 amide bonds. The van der Waals surface area contributed by atoms with Crippen molar-refractivity contribution < 1.29 is 22.7 Å². The highest BCUT2D eigenvalue weighted by Crippen LogP contribution is 2.23. The van der Waals surface area contributed by atoms with Crippen molar-refractivity contribution in [1.29, 1.82) is 0 Å². The average molecular weight is 480 g/mol. The first-order valence-corrected chi connectivity index (χ1v) is 12.2. The number of nitrogens with one attached hydrogen (secondary N) is 2. The van der Waals surface area contributed by atoms with Crippen molar-refractivity contribution >= 4 is 33.4 Å². The second-order valence-corrected chi connectivity index (χ2v) is 9.63. The van der Waals surface area contributed by atoms with Gasteiger partial charge in [0.25, 0.3) is 0 Å². The highest BCUT2D eigenvalue weighted by Gasteiger charge is 2.34. The third kappa shape index (κ3) is 6.52. The molecule has 2 aromatic carbocycles. The van der Waals surface area contributed by atoms with Crippen LogP contribution in [0.2, 0.25) is 5.02 Å². The predicted molar refractivity (Wildman–Crippen MR) is 120 cm³/mol. The number of nitrogens with zero attached hydrogens (tertiary/aromatic N) is 1. The fourth-order valence-corrected chi connectivity index (χ4v) is 5.02. The minimum atomic E-state index is -3.84. The quantitative estimate of drug-likeness (QED) is 0.444. The maximum absolute atomic E-state index is 13.0. The Kier molecular flexibility index (Phi) is 8.63. The van der Waals surface area contributed by atoms with Gasteiger partial charge in [-0.3, -0.25) is 9.59 Å². The number of amides is 2. The first-order chi connectivity index (χ1) is 15.4. The maximum atomic E-state index is 13.0. The lowest BCUT2D eigenvalue weighted by atomic mass is 10.1. The number of sulfonamides is 1. The lowest BCUT2D eigenvalue weighted by Gasteiger charge is -2.34. The van der Waals surface area contributed by atoms with Crippen molar-refractivity contribution in [3.05, 3.63) is 65.2 Å². The Balaban J connectivity index is 1.49. The Bertz CT molecular complexity index is 1020. The normalized spacial score (nSPS) is 17.0. The first-order valence-electron chi connectivity index (χ1n) is 10.4. The SMILES string of the molecule is O=C(NCCCc1ccccc1)C(=O)NC[C@@H]1OCCCN1S(=O)(=O)c1ccc(Cl)cc1. The Labute approximate surface area is 192 Å². The molecule has 1 heterocycles. The molecular weight excluding hydrogens is 454 g/mol. The Morgan fingerprint density at radius 2 is 1.72 bits per heavy atom. The second-order valence-electron chi connectivity index (χ2n) is 7.30. The molecule has 1 fully saturated rings. The number of hydrogen-bond donors (Lipinski definition) is 2. The lowest BCUT2D eigenvalue weighted by Crippen LogP contribution is -2.53. The van der Waals surface area contributed by atoms with Crippen LogP contribution < -0.4 is 10.6 Å². The number of hydrogen-bond acceptors (Lipinski definition) is 5. The fraction of sp³-hybridized carbons (Fsp3) is 0.364. The number of aryl methyl sites for hydroxylation is 1. The topological polar surface area (TPSA) is 105 Å². The van der Waals surface area contributed by atoms with E-state index in [1.165, 1.54) is 28.6 Å². The molecule has 32 heavy (non-hydrogen) atoms. The smallest absolute Gasteiger partial charge is 0.309 e. The summed E-state index contributed by atoms with van der Waals surface area (Å²) in [4.78, 5) is 24.3. The van der Waals surface area contributed by atoms with Gasteiger partial charge in [-0.15, -0.1) is 0 Å². The molecular formula is C22H26ClN3O5S. The molecule has 2 N–H and O–H groups in total. The number of carbonyl (C=O) groups excluding carboxylic acids is 2. The third-order valence-electron chi connectivity index (χ3n) is 4.99. The van der Waals surface area contributed by atoms with Gasteiger partial charge in [-0.25, -0.2) is 8.42 Å². The second kappa shape index (κ2) is 11.4. The van der Waals surface area contributed by atoms with Gasteiger partial charge in [-0.2, -0.15) is 4.31 Å². The molecule has 8 nitrogen and oxygen atoms in total. The van der Waals surface area contributed by atoms with Gasteiger partial charge in [0.1, 0.15) is 6.23 Å². The number of rotatable bonds is 8. The molecule has 0 aliphatic carbocycles. The summed E-state index contributed by atoms with van der Waals surface area (Å²) < 4.78 is 32.7. The van der Waals surface area contributed by atoms with Crippen molar-refractivity contribution in [2.24, 2.45) is 0 Å². The van der Waals surface area contributed by atoms with Crippen molar-refractivity contribution in [3.8, 4) is 0 Å². The summed E-state index contributed by atoms with van der Waals surface area (Å²) in [6.45, 7) is 0.831. The van der Waals surface area contributed by atoms with E-state index in [0.717, 1.165) is 12.0 Å². The zero-order chi connectivity index (χ0) is 23.0. The number of halogens is 1. The van der Waals surface area contributed by atoms with Crippen molar-refractivity contribution in [1.82, 2.24) is 14.9 Å². The van der Waals surface area contributed by atoms with Gasteiger partial charge in [0.05, 0.1) is 18.0 Å². The van der Waals surface area contributed by atoms with Crippen LogP contribution in [-0.2, 0) is 30.8 Å². The van der Waals surface area contributed by atoms with E-state index < -0.39 is 28.1 Å². The first kappa shape index (κ1) is 24.2. The van der Waals surface area contributed by atoms with E-state index in [1.807, 2.05) is 30.3 Å². The third-order valence-corrected chi connectivity index (χ3v) is 7.14. The lowest BCUT2D eigenvalue weighted by molar-refractivity contribution is -0.140. The number of benzene rings is 2. The van der Waals surface area contributed by atoms with Gasteiger partial charge in [-0.1, -0.05) is 41.9 Å². The summed E-state index contributed by atoms with van der Waals surface area (Å²) in [6.07, 6.45) is 1.11. The largest absolute Gasteiger partial charge is 0.360 e. The molecule has 0 saturated carbocycles. The average Bonchev–Trinajstić information content (AvgIpc) is 2.81. The summed E-state index contributed by atoms with van der Waals surface area (Å²) in [5, 5.41) is 5.48. The summed E-state index contributed by atoms with van der Waals surface area (Å²) in [6, 6.07) is 15.7. The molecule has 0 spiro atoms. The van der Waals surface area contributed by atoms with Crippen LogP contribution in [0.15, 0.2) is 59.5 Å². The molecule has 0 radical (unpaired) electrons. The van der Waals surface area contributed by atoms with E-state index in [1.54, 1.807) is 0 Å². The standard InChI is InChI=1S/C22H26ClN3O5S/c23-18-9-11-19(12-10-18)32(29,30)26-14-5-15-31-20(26)16-25-22(28)21(27)24-13-4-8-17-6-2-1-3-7-17/h1-3,6-7,9-12,20H,4-5,8,13-16H2,(H,24,27)(H,25,28)/t20-/m0/s1. The van der Waals surface area contributed by atoms with Crippen LogP contribution in [0.4, 0.5) is 0 Å². The highest BCUT2D eigenvalue weighted by molar-refractivity contribution is 7.89. The monoisotopic (exact) mass is 479 g/mol. The molecule has 0 aromatic heterocycles. The van der Waals surface area contributed by atoms with Gasteiger partial charge in [-0.05, 0) is 49.1 Å². The van der Waals surface area contributed by atoms with Crippen molar-refractivity contribution in [2.45, 2.75) is 30.4 Å². The predicted octanol–water partition coefficient (Wildman–Crippen LogP) is 1.94. The summed E-state index contributed by atoms with van der Waals surface area (Å²) >= 11 is 5.85. The number of carbonyl (C=O) groups is 2. The summed E-state index contributed by atoms with van der Waals surface area (Å²) in [5.41, 5.74) is 1.16.